The van der Waals surface area contributed by atoms with Gasteiger partial charge in [0, 0.05) is 23.9 Å². The number of aliphatic hydroxyl groups is 1. The molecule has 1 heterocycles. The zero-order chi connectivity index (χ0) is 28.7. The minimum atomic E-state index is -1.36. The summed E-state index contributed by atoms with van der Waals surface area (Å²) >= 11 is 0. The Kier molecular flexibility index (Phi) is 9.33. The number of hydrogen-bond acceptors (Lipinski definition) is 6. The van der Waals surface area contributed by atoms with Crippen molar-refractivity contribution in [3.63, 3.8) is 0 Å². The lowest BCUT2D eigenvalue weighted by atomic mass is 9.80. The lowest BCUT2D eigenvalue weighted by molar-refractivity contribution is -0.145. The van der Waals surface area contributed by atoms with Crippen LogP contribution >= 0.6 is 0 Å². The molecule has 39 heavy (non-hydrogen) atoms. The van der Waals surface area contributed by atoms with Crippen molar-refractivity contribution >= 4 is 23.9 Å². The highest BCUT2D eigenvalue weighted by molar-refractivity contribution is 5.93. The molecule has 0 aliphatic carbocycles. The largest absolute Gasteiger partial charge is 0.481 e. The molecular weight excluding hydrogens is 502 g/mol. The Labute approximate surface area is 227 Å². The first-order valence-corrected chi connectivity index (χ1v) is 12.5. The van der Waals surface area contributed by atoms with Crippen LogP contribution in [-0.4, -0.2) is 63.7 Å². The molecule has 0 aromatic heterocycles. The van der Waals surface area contributed by atoms with Crippen LogP contribution in [0, 0.1) is 17.8 Å². The second kappa shape index (κ2) is 12.5. The maximum Gasteiger partial charge on any atom is 0.413 e. The van der Waals surface area contributed by atoms with E-state index in [0.29, 0.717) is 5.56 Å². The zero-order valence-corrected chi connectivity index (χ0v) is 22.1. The first-order chi connectivity index (χ1) is 18.4. The summed E-state index contributed by atoms with van der Waals surface area (Å²) in [6.45, 7) is 4.67. The fourth-order valence-electron chi connectivity index (χ4n) is 4.56. The number of carboxylic acid groups (broad SMARTS) is 1. The molecule has 2 aromatic carbocycles. The Morgan fingerprint density at radius 3 is 2.33 bits per heavy atom. The summed E-state index contributed by atoms with van der Waals surface area (Å²) in [5.74, 6) is 0.399. The van der Waals surface area contributed by atoms with E-state index in [1.165, 1.54) is 18.7 Å². The molecule has 1 aliphatic rings. The first-order valence-electron chi connectivity index (χ1n) is 12.5. The van der Waals surface area contributed by atoms with E-state index >= 15 is 0 Å². The summed E-state index contributed by atoms with van der Waals surface area (Å²) in [7, 11) is 0. The number of ether oxygens (including phenoxy) is 1. The van der Waals surface area contributed by atoms with Gasteiger partial charge in [0.15, 0.2) is 0 Å². The number of nitrogens with zero attached hydrogens (tertiary/aromatic N) is 1. The smallest absolute Gasteiger partial charge is 0.413 e. The number of aliphatic hydroxyl groups excluding tert-OH is 1. The van der Waals surface area contributed by atoms with Gasteiger partial charge in [-0.1, -0.05) is 50.1 Å². The summed E-state index contributed by atoms with van der Waals surface area (Å²) < 4.78 is 5.26. The summed E-state index contributed by atoms with van der Waals surface area (Å²) in [6, 6.07) is 12.5. The SMILES string of the molecule is C#Cc1ccc(C(C)NC(=O)[C@@H]2C[C@@H](O)CN2C(=O)C(NC(=O)Oc2ccccc2)C(C)(C)CC(=O)O)cc1. The van der Waals surface area contributed by atoms with Crippen molar-refractivity contribution in [3.8, 4) is 18.1 Å². The number of benzene rings is 2. The molecule has 4 N–H and O–H groups in total. The van der Waals surface area contributed by atoms with Gasteiger partial charge in [-0.05, 0) is 36.8 Å². The van der Waals surface area contributed by atoms with Crippen LogP contribution < -0.4 is 15.4 Å². The predicted molar refractivity (Wildman–Crippen MR) is 142 cm³/mol. The number of aliphatic carboxylic acids is 1. The molecule has 2 aromatic rings. The van der Waals surface area contributed by atoms with Crippen molar-refractivity contribution in [1.82, 2.24) is 15.5 Å². The van der Waals surface area contributed by atoms with Crippen LogP contribution in [0.15, 0.2) is 54.6 Å². The minimum Gasteiger partial charge on any atom is -0.481 e. The number of nitrogens with one attached hydrogen (secondary N) is 2. The predicted octanol–water partition coefficient (Wildman–Crippen LogP) is 2.46. The lowest BCUT2D eigenvalue weighted by Gasteiger charge is -2.36. The standard InChI is InChI=1S/C29H33N3O7/c1-5-19-11-13-20(14-12-19)18(2)30-26(36)23-15-21(33)17-32(23)27(37)25(29(3,4)16-24(34)35)31-28(38)39-22-9-7-6-8-10-22/h1,6-14,18,21,23,25,33H,15-17H2,2-4H3,(H,30,36)(H,31,38)(H,34,35)/t18?,21-,23+,25?/m1/s1. The Morgan fingerprint density at radius 1 is 1.10 bits per heavy atom. The maximum absolute atomic E-state index is 13.8. The third kappa shape index (κ3) is 7.58. The van der Waals surface area contributed by atoms with Gasteiger partial charge in [-0.2, -0.15) is 0 Å². The van der Waals surface area contributed by atoms with Crippen molar-refractivity contribution in [1.29, 1.82) is 0 Å². The topological polar surface area (TPSA) is 145 Å². The van der Waals surface area contributed by atoms with Crippen molar-refractivity contribution in [2.24, 2.45) is 5.41 Å². The van der Waals surface area contributed by atoms with Crippen LogP contribution in [0.2, 0.25) is 0 Å². The molecule has 4 atom stereocenters. The summed E-state index contributed by atoms with van der Waals surface area (Å²) in [4.78, 5) is 52.5. The van der Waals surface area contributed by atoms with Gasteiger partial charge in [0.1, 0.15) is 17.8 Å². The highest BCUT2D eigenvalue weighted by atomic mass is 16.6. The van der Waals surface area contributed by atoms with Crippen LogP contribution in [0.1, 0.15) is 50.8 Å². The first kappa shape index (κ1) is 29.2. The molecule has 0 bridgehead atoms. The van der Waals surface area contributed by atoms with Gasteiger partial charge in [-0.15, -0.1) is 6.42 Å². The maximum atomic E-state index is 13.8. The third-order valence-corrected chi connectivity index (χ3v) is 6.65. The van der Waals surface area contributed by atoms with E-state index in [-0.39, 0.29) is 18.7 Å². The highest BCUT2D eigenvalue weighted by Gasteiger charge is 2.46. The second-order valence-electron chi connectivity index (χ2n) is 10.2. The molecule has 206 valence electrons. The summed E-state index contributed by atoms with van der Waals surface area (Å²) in [6.07, 6.45) is 3.00. The van der Waals surface area contributed by atoms with E-state index in [1.807, 2.05) is 0 Å². The molecule has 1 aliphatic heterocycles. The van der Waals surface area contributed by atoms with E-state index in [9.17, 15) is 29.4 Å². The molecule has 2 unspecified atom stereocenters. The number of para-hydroxylation sites is 1. The summed E-state index contributed by atoms with van der Waals surface area (Å²) in [5, 5.41) is 25.2. The molecule has 10 nitrogen and oxygen atoms in total. The Balaban J connectivity index is 1.81. The number of carboxylic acids is 1. The Morgan fingerprint density at radius 2 is 1.74 bits per heavy atom. The number of terminal acetylenes is 1. The van der Waals surface area contributed by atoms with Crippen LogP contribution in [0.4, 0.5) is 4.79 Å². The number of β-amino-alcohol motifs (C(OH)–C–C–N with tert-alkyl or cyclic N) is 1. The van der Waals surface area contributed by atoms with E-state index in [4.69, 9.17) is 11.2 Å². The van der Waals surface area contributed by atoms with Gasteiger partial charge in [-0.3, -0.25) is 14.4 Å². The van der Waals surface area contributed by atoms with E-state index < -0.39 is 59.9 Å². The molecule has 1 saturated heterocycles. The second-order valence-corrected chi connectivity index (χ2v) is 10.2. The Bertz CT molecular complexity index is 1240. The Hall–Kier alpha value is -4.36. The van der Waals surface area contributed by atoms with E-state index in [2.05, 4.69) is 16.6 Å². The fraction of sp³-hybridized carbons (Fsp3) is 0.379. The van der Waals surface area contributed by atoms with E-state index in [1.54, 1.807) is 61.5 Å². The number of hydrogen-bond donors (Lipinski definition) is 4. The molecule has 0 spiro atoms. The van der Waals surface area contributed by atoms with Gasteiger partial charge >= 0.3 is 12.1 Å². The van der Waals surface area contributed by atoms with Gasteiger partial charge < -0.3 is 30.5 Å². The van der Waals surface area contributed by atoms with Gasteiger partial charge in [0.2, 0.25) is 11.8 Å². The minimum absolute atomic E-state index is 0.0130. The molecule has 3 amide bonds. The number of amides is 3. The molecule has 0 radical (unpaired) electrons. The zero-order valence-electron chi connectivity index (χ0n) is 22.1. The normalized spacial score (nSPS) is 18.4. The quantitative estimate of drug-likeness (QED) is 0.361. The van der Waals surface area contributed by atoms with Crippen LogP contribution in [0.25, 0.3) is 0 Å². The number of carbonyl (C=O) groups is 4. The average molecular weight is 536 g/mol. The van der Waals surface area contributed by atoms with E-state index in [0.717, 1.165) is 5.56 Å². The van der Waals surface area contributed by atoms with Crippen LogP contribution in [0.3, 0.4) is 0 Å². The van der Waals surface area contributed by atoms with Gasteiger partial charge in [0.05, 0.1) is 18.6 Å². The molecule has 10 heteroatoms. The van der Waals surface area contributed by atoms with Crippen molar-refractivity contribution in [2.75, 3.05) is 6.54 Å². The summed E-state index contributed by atoms with van der Waals surface area (Å²) in [5.41, 5.74) is 0.227. The monoisotopic (exact) mass is 535 g/mol. The molecule has 3 rings (SSSR count). The van der Waals surface area contributed by atoms with Crippen molar-refractivity contribution in [2.45, 2.75) is 57.8 Å². The van der Waals surface area contributed by atoms with Gasteiger partial charge in [0.25, 0.3) is 0 Å². The van der Waals surface area contributed by atoms with Crippen molar-refractivity contribution in [3.05, 3.63) is 65.7 Å². The number of rotatable bonds is 9. The van der Waals surface area contributed by atoms with Gasteiger partial charge in [-0.25, -0.2) is 4.79 Å². The van der Waals surface area contributed by atoms with Crippen LogP contribution in [-0.2, 0) is 14.4 Å². The van der Waals surface area contributed by atoms with Crippen molar-refractivity contribution < 1.29 is 34.1 Å². The highest BCUT2D eigenvalue weighted by Crippen LogP contribution is 2.30. The number of carbonyl (C=O) groups excluding carboxylic acids is 3. The molecule has 0 saturated carbocycles. The molecular formula is C29H33N3O7. The van der Waals surface area contributed by atoms with Crippen LogP contribution in [0.5, 0.6) is 5.75 Å². The third-order valence-electron chi connectivity index (χ3n) is 6.65. The average Bonchev–Trinajstić information content (AvgIpc) is 3.28. The number of likely N-dealkylation sites (tertiary alicyclic amines) is 1. The fourth-order valence-corrected chi connectivity index (χ4v) is 4.56. The molecule has 1 fully saturated rings. The lowest BCUT2D eigenvalue weighted by Crippen LogP contribution is -2.59.